The molecule has 0 aromatic rings. The van der Waals surface area contributed by atoms with Gasteiger partial charge in [0.05, 0.1) is 19.3 Å². The van der Waals surface area contributed by atoms with E-state index in [1.807, 2.05) is 62.5 Å². The van der Waals surface area contributed by atoms with E-state index in [4.69, 9.17) is 5.11 Å². The van der Waals surface area contributed by atoms with Crippen LogP contribution in [0.4, 0.5) is 0 Å². The molecule has 1 aliphatic rings. The van der Waals surface area contributed by atoms with Crippen molar-refractivity contribution in [3.05, 3.63) is 82.5 Å². The third-order valence-electron chi connectivity index (χ3n) is 4.89. The fraction of sp³-hybridized carbons (Fsp3) is 0.440. The second-order valence-electron chi connectivity index (χ2n) is 8.20. The Balaban J connectivity index is 2.82. The van der Waals surface area contributed by atoms with E-state index in [0.717, 1.165) is 23.1 Å². The van der Waals surface area contributed by atoms with Gasteiger partial charge < -0.3 is 15.3 Å². The lowest BCUT2D eigenvalue weighted by atomic mass is 9.71. The van der Waals surface area contributed by atoms with Crippen LogP contribution in [0.5, 0.6) is 0 Å². The Labute approximate surface area is 170 Å². The lowest BCUT2D eigenvalue weighted by molar-refractivity contribution is 0.116. The maximum absolute atomic E-state index is 10.00. The van der Waals surface area contributed by atoms with Crippen molar-refractivity contribution in [1.29, 1.82) is 0 Å². The normalized spacial score (nSPS) is 22.3. The zero-order valence-corrected chi connectivity index (χ0v) is 17.9. The summed E-state index contributed by atoms with van der Waals surface area (Å²) in [5.74, 6) is 0. The van der Waals surface area contributed by atoms with Gasteiger partial charge in [0.2, 0.25) is 0 Å². The summed E-state index contributed by atoms with van der Waals surface area (Å²) in [5, 5.41) is 28.6. The van der Waals surface area contributed by atoms with Gasteiger partial charge in [-0.1, -0.05) is 79.7 Å². The van der Waals surface area contributed by atoms with Gasteiger partial charge in [-0.25, -0.2) is 0 Å². The second kappa shape index (κ2) is 11.8. The SMILES string of the molecule is CC(=C/C=C/C=C(C)/C=C/C=C(/C=C/C1=C(C)CC(O)CC1(C)C)CO)CO. The standard InChI is InChI=1S/C25H36O3/c1-19(9-6-7-10-20(2)17-26)11-8-12-22(18-27)13-14-24-21(3)15-23(28)16-25(24,4)5/h6-14,23,26-28H,15-18H2,1-5H3/b7-6+,11-8+,14-13+,19-9+,20-10?,22-12-. The summed E-state index contributed by atoms with van der Waals surface area (Å²) in [4.78, 5) is 0. The first kappa shape index (κ1) is 24.1. The smallest absolute Gasteiger partial charge is 0.0681 e. The highest BCUT2D eigenvalue weighted by Gasteiger charge is 2.31. The lowest BCUT2D eigenvalue weighted by Crippen LogP contribution is -2.28. The molecular weight excluding hydrogens is 348 g/mol. The number of aliphatic hydroxyl groups is 3. The molecule has 0 saturated heterocycles. The predicted molar refractivity (Wildman–Crippen MR) is 119 cm³/mol. The van der Waals surface area contributed by atoms with Gasteiger partial charge in [-0.2, -0.15) is 0 Å². The summed E-state index contributed by atoms with van der Waals surface area (Å²) >= 11 is 0. The Hall–Kier alpha value is -1.94. The molecule has 1 rings (SSSR count). The minimum atomic E-state index is -0.269. The molecule has 1 unspecified atom stereocenters. The van der Waals surface area contributed by atoms with Gasteiger partial charge in [0.1, 0.15) is 0 Å². The van der Waals surface area contributed by atoms with Crippen LogP contribution < -0.4 is 0 Å². The molecule has 0 heterocycles. The summed E-state index contributed by atoms with van der Waals surface area (Å²) in [6.07, 6.45) is 18.8. The Morgan fingerprint density at radius 2 is 1.68 bits per heavy atom. The molecule has 28 heavy (non-hydrogen) atoms. The highest BCUT2D eigenvalue weighted by atomic mass is 16.3. The molecule has 3 heteroatoms. The van der Waals surface area contributed by atoms with E-state index in [1.165, 1.54) is 11.1 Å². The zero-order chi connectivity index (χ0) is 21.2. The number of hydrogen-bond donors (Lipinski definition) is 3. The fourth-order valence-corrected chi connectivity index (χ4v) is 3.39. The van der Waals surface area contributed by atoms with Crippen molar-refractivity contribution in [1.82, 2.24) is 0 Å². The molecule has 0 aromatic carbocycles. The predicted octanol–water partition coefficient (Wildman–Crippen LogP) is 4.96. The van der Waals surface area contributed by atoms with Gasteiger partial charge in [-0.15, -0.1) is 0 Å². The molecule has 0 radical (unpaired) electrons. The number of aliphatic hydroxyl groups excluding tert-OH is 3. The van der Waals surface area contributed by atoms with Crippen LogP contribution in [-0.2, 0) is 0 Å². The maximum atomic E-state index is 10.00. The average molecular weight is 385 g/mol. The minimum Gasteiger partial charge on any atom is -0.393 e. The summed E-state index contributed by atoms with van der Waals surface area (Å²) in [5.41, 5.74) is 5.23. The van der Waals surface area contributed by atoms with Gasteiger partial charge in [0, 0.05) is 0 Å². The molecule has 3 nitrogen and oxygen atoms in total. The van der Waals surface area contributed by atoms with E-state index in [9.17, 15) is 10.2 Å². The zero-order valence-electron chi connectivity index (χ0n) is 17.9. The molecular formula is C25H36O3. The number of hydrogen-bond acceptors (Lipinski definition) is 3. The van der Waals surface area contributed by atoms with Crippen molar-refractivity contribution in [3.8, 4) is 0 Å². The maximum Gasteiger partial charge on any atom is 0.0681 e. The number of rotatable bonds is 8. The monoisotopic (exact) mass is 384 g/mol. The highest BCUT2D eigenvalue weighted by Crippen LogP contribution is 2.41. The quantitative estimate of drug-likeness (QED) is 0.519. The third kappa shape index (κ3) is 8.39. The molecule has 1 atom stereocenters. The van der Waals surface area contributed by atoms with Crippen molar-refractivity contribution in [2.75, 3.05) is 13.2 Å². The van der Waals surface area contributed by atoms with Gasteiger partial charge in [-0.3, -0.25) is 0 Å². The summed E-state index contributed by atoms with van der Waals surface area (Å²) in [7, 11) is 0. The Morgan fingerprint density at radius 3 is 2.29 bits per heavy atom. The summed E-state index contributed by atoms with van der Waals surface area (Å²) in [6.45, 7) is 10.3. The van der Waals surface area contributed by atoms with Crippen molar-refractivity contribution in [2.24, 2.45) is 5.41 Å². The first-order chi connectivity index (χ1) is 13.2. The van der Waals surface area contributed by atoms with Crippen LogP contribution in [-0.4, -0.2) is 34.6 Å². The van der Waals surface area contributed by atoms with Crippen LogP contribution in [0.25, 0.3) is 0 Å². The third-order valence-corrected chi connectivity index (χ3v) is 4.89. The van der Waals surface area contributed by atoms with Gasteiger partial charge >= 0.3 is 0 Å². The molecule has 0 spiro atoms. The van der Waals surface area contributed by atoms with Crippen molar-refractivity contribution in [2.45, 2.75) is 53.6 Å². The van der Waals surface area contributed by atoms with Gasteiger partial charge in [0.25, 0.3) is 0 Å². The Bertz CT molecular complexity index is 725. The molecule has 0 bridgehead atoms. The van der Waals surface area contributed by atoms with E-state index >= 15 is 0 Å². The Morgan fingerprint density at radius 1 is 1.00 bits per heavy atom. The highest BCUT2D eigenvalue weighted by molar-refractivity contribution is 5.38. The molecule has 0 aromatic heterocycles. The van der Waals surface area contributed by atoms with E-state index in [-0.39, 0.29) is 24.7 Å². The average Bonchev–Trinajstić information content (AvgIpc) is 2.61. The van der Waals surface area contributed by atoms with Crippen molar-refractivity contribution < 1.29 is 15.3 Å². The molecule has 0 amide bonds. The van der Waals surface area contributed by atoms with Crippen LogP contribution in [0.2, 0.25) is 0 Å². The first-order valence-corrected chi connectivity index (χ1v) is 9.85. The number of allylic oxidation sites excluding steroid dienone is 10. The van der Waals surface area contributed by atoms with E-state index in [0.29, 0.717) is 6.42 Å². The largest absolute Gasteiger partial charge is 0.393 e. The summed E-state index contributed by atoms with van der Waals surface area (Å²) < 4.78 is 0. The molecule has 0 aliphatic heterocycles. The van der Waals surface area contributed by atoms with Crippen LogP contribution >= 0.6 is 0 Å². The molecule has 0 saturated carbocycles. The van der Waals surface area contributed by atoms with Crippen LogP contribution in [0, 0.1) is 5.41 Å². The van der Waals surface area contributed by atoms with Gasteiger partial charge in [0.15, 0.2) is 0 Å². The Kier molecular flexibility index (Phi) is 10.2. The molecule has 3 N–H and O–H groups in total. The van der Waals surface area contributed by atoms with E-state index in [2.05, 4.69) is 26.8 Å². The minimum absolute atomic E-state index is 0.0237. The van der Waals surface area contributed by atoms with E-state index < -0.39 is 0 Å². The first-order valence-electron chi connectivity index (χ1n) is 9.85. The van der Waals surface area contributed by atoms with Crippen LogP contribution in [0.1, 0.15) is 47.5 Å². The van der Waals surface area contributed by atoms with Crippen molar-refractivity contribution >= 4 is 0 Å². The fourth-order valence-electron chi connectivity index (χ4n) is 3.39. The van der Waals surface area contributed by atoms with Crippen LogP contribution in [0.3, 0.4) is 0 Å². The van der Waals surface area contributed by atoms with Gasteiger partial charge in [-0.05, 0) is 55.7 Å². The lowest BCUT2D eigenvalue weighted by Gasteiger charge is -2.35. The topological polar surface area (TPSA) is 60.7 Å². The summed E-state index contributed by atoms with van der Waals surface area (Å²) in [6, 6.07) is 0. The molecule has 154 valence electrons. The molecule has 1 aliphatic carbocycles. The van der Waals surface area contributed by atoms with E-state index in [1.54, 1.807) is 0 Å². The molecule has 0 fully saturated rings. The van der Waals surface area contributed by atoms with Crippen LogP contribution in [0.15, 0.2) is 82.5 Å². The second-order valence-corrected chi connectivity index (χ2v) is 8.20. The van der Waals surface area contributed by atoms with Crippen molar-refractivity contribution in [3.63, 3.8) is 0 Å².